The van der Waals surface area contributed by atoms with Crippen LogP contribution < -0.4 is 0 Å². The van der Waals surface area contributed by atoms with E-state index in [9.17, 15) is 4.79 Å². The van der Waals surface area contributed by atoms with Gasteiger partial charge in [-0.05, 0) is 26.3 Å². The zero-order chi connectivity index (χ0) is 10.8. The number of carbonyl (C=O) groups is 1. The summed E-state index contributed by atoms with van der Waals surface area (Å²) >= 11 is 0. The number of ether oxygens (including phenoxy) is 1. The molecule has 14 heavy (non-hydrogen) atoms. The second kappa shape index (κ2) is 8.97. The Labute approximate surface area is 85.9 Å². The third-order valence-electron chi connectivity index (χ3n) is 1.83. The molecule has 0 saturated carbocycles. The van der Waals surface area contributed by atoms with Crippen molar-refractivity contribution in [3.05, 3.63) is 0 Å². The third kappa shape index (κ3) is 6.86. The number of nitrogens with zero attached hydrogens (tertiary/aromatic N) is 1. The quantitative estimate of drug-likeness (QED) is 0.588. The molecule has 0 heterocycles. The van der Waals surface area contributed by atoms with E-state index in [2.05, 4.69) is 6.92 Å². The van der Waals surface area contributed by atoms with E-state index < -0.39 is 0 Å². The predicted octanol–water partition coefficient (Wildman–Crippen LogP) is 0.644. The van der Waals surface area contributed by atoms with Crippen molar-refractivity contribution in [3.63, 3.8) is 0 Å². The second-order valence-electron chi connectivity index (χ2n) is 3.16. The van der Waals surface area contributed by atoms with Gasteiger partial charge in [-0.15, -0.1) is 0 Å². The summed E-state index contributed by atoms with van der Waals surface area (Å²) in [5, 5.41) is 8.68. The Morgan fingerprint density at radius 2 is 2.07 bits per heavy atom. The van der Waals surface area contributed by atoms with Crippen LogP contribution in [-0.4, -0.2) is 48.8 Å². The smallest absolute Gasteiger partial charge is 0.320 e. The molecule has 0 aromatic rings. The van der Waals surface area contributed by atoms with Crippen molar-refractivity contribution >= 4 is 5.97 Å². The fourth-order valence-electron chi connectivity index (χ4n) is 1.27. The standard InChI is InChI=1S/C10H21NO3/c1-3-6-11(7-5-8-12)9-10(13)14-4-2/h12H,3-9H2,1-2H3. The third-order valence-corrected chi connectivity index (χ3v) is 1.83. The molecule has 0 amide bonds. The van der Waals surface area contributed by atoms with Gasteiger partial charge in [0, 0.05) is 13.2 Å². The van der Waals surface area contributed by atoms with Gasteiger partial charge in [0.15, 0.2) is 0 Å². The first-order valence-electron chi connectivity index (χ1n) is 5.23. The first-order valence-corrected chi connectivity index (χ1v) is 5.23. The van der Waals surface area contributed by atoms with Gasteiger partial charge in [0.25, 0.3) is 0 Å². The molecule has 0 rings (SSSR count). The summed E-state index contributed by atoms with van der Waals surface area (Å²) in [6.45, 7) is 6.43. The van der Waals surface area contributed by atoms with E-state index in [-0.39, 0.29) is 12.6 Å². The molecule has 0 saturated heterocycles. The molecule has 0 bridgehead atoms. The summed E-state index contributed by atoms with van der Waals surface area (Å²) in [4.78, 5) is 13.2. The van der Waals surface area contributed by atoms with Gasteiger partial charge < -0.3 is 9.84 Å². The van der Waals surface area contributed by atoms with Crippen molar-refractivity contribution in [3.8, 4) is 0 Å². The maximum absolute atomic E-state index is 11.2. The van der Waals surface area contributed by atoms with E-state index in [1.165, 1.54) is 0 Å². The van der Waals surface area contributed by atoms with Crippen LogP contribution in [0.1, 0.15) is 26.7 Å². The summed E-state index contributed by atoms with van der Waals surface area (Å²) in [5.74, 6) is -0.182. The van der Waals surface area contributed by atoms with Crippen molar-refractivity contribution in [2.24, 2.45) is 0 Å². The Bertz CT molecular complexity index is 150. The monoisotopic (exact) mass is 203 g/mol. The lowest BCUT2D eigenvalue weighted by Crippen LogP contribution is -2.33. The molecule has 0 aromatic heterocycles. The number of hydrogen-bond acceptors (Lipinski definition) is 4. The minimum atomic E-state index is -0.182. The average molecular weight is 203 g/mol. The molecular formula is C10H21NO3. The number of aliphatic hydroxyl groups excluding tert-OH is 1. The SMILES string of the molecule is CCCN(CCCO)CC(=O)OCC. The van der Waals surface area contributed by atoms with Gasteiger partial charge in [0.05, 0.1) is 13.2 Å². The van der Waals surface area contributed by atoms with Crippen LogP contribution in [0, 0.1) is 0 Å². The van der Waals surface area contributed by atoms with Crippen LogP contribution in [0.2, 0.25) is 0 Å². The minimum absolute atomic E-state index is 0.170. The lowest BCUT2D eigenvalue weighted by molar-refractivity contribution is -0.144. The molecule has 0 spiro atoms. The molecule has 4 heteroatoms. The minimum Gasteiger partial charge on any atom is -0.465 e. The fourth-order valence-corrected chi connectivity index (χ4v) is 1.27. The maximum atomic E-state index is 11.2. The Morgan fingerprint density at radius 1 is 1.36 bits per heavy atom. The normalized spacial score (nSPS) is 10.6. The van der Waals surface area contributed by atoms with Gasteiger partial charge in [-0.1, -0.05) is 6.92 Å². The van der Waals surface area contributed by atoms with Crippen LogP contribution in [0.4, 0.5) is 0 Å². The highest BCUT2D eigenvalue weighted by Crippen LogP contribution is 1.95. The Kier molecular flexibility index (Phi) is 8.57. The molecular weight excluding hydrogens is 182 g/mol. The maximum Gasteiger partial charge on any atom is 0.320 e. The van der Waals surface area contributed by atoms with E-state index in [0.717, 1.165) is 19.5 Å². The first-order chi connectivity index (χ1) is 6.74. The summed E-state index contributed by atoms with van der Waals surface area (Å²) in [7, 11) is 0. The van der Waals surface area contributed by atoms with Crippen molar-refractivity contribution in [1.82, 2.24) is 4.90 Å². The van der Waals surface area contributed by atoms with Crippen LogP contribution in [0.3, 0.4) is 0 Å². The van der Waals surface area contributed by atoms with Crippen LogP contribution in [0.15, 0.2) is 0 Å². The van der Waals surface area contributed by atoms with E-state index in [0.29, 0.717) is 19.6 Å². The number of rotatable bonds is 8. The molecule has 84 valence electrons. The first kappa shape index (κ1) is 13.4. The molecule has 0 radical (unpaired) electrons. The molecule has 1 N–H and O–H groups in total. The van der Waals surface area contributed by atoms with Crippen molar-refractivity contribution in [2.75, 3.05) is 32.8 Å². The molecule has 0 aliphatic carbocycles. The number of carbonyl (C=O) groups excluding carboxylic acids is 1. The molecule has 0 unspecified atom stereocenters. The van der Waals surface area contributed by atoms with Gasteiger partial charge in [0.1, 0.15) is 0 Å². The predicted molar refractivity (Wildman–Crippen MR) is 55.1 cm³/mol. The second-order valence-corrected chi connectivity index (χ2v) is 3.16. The van der Waals surface area contributed by atoms with Crippen molar-refractivity contribution in [1.29, 1.82) is 0 Å². The molecule has 0 aromatic carbocycles. The molecule has 0 aliphatic heterocycles. The lowest BCUT2D eigenvalue weighted by atomic mass is 10.3. The van der Waals surface area contributed by atoms with E-state index in [4.69, 9.17) is 9.84 Å². The van der Waals surface area contributed by atoms with Gasteiger partial charge in [-0.25, -0.2) is 0 Å². The van der Waals surface area contributed by atoms with Crippen molar-refractivity contribution < 1.29 is 14.6 Å². The summed E-state index contributed by atoms with van der Waals surface area (Å²) in [6, 6.07) is 0. The average Bonchev–Trinajstić information content (AvgIpc) is 2.15. The number of aliphatic hydroxyl groups is 1. The zero-order valence-electron chi connectivity index (χ0n) is 9.16. The number of hydrogen-bond donors (Lipinski definition) is 1. The van der Waals surface area contributed by atoms with Gasteiger partial charge in [-0.2, -0.15) is 0 Å². The summed E-state index contributed by atoms with van der Waals surface area (Å²) in [6.07, 6.45) is 1.71. The lowest BCUT2D eigenvalue weighted by Gasteiger charge is -2.19. The fraction of sp³-hybridized carbons (Fsp3) is 0.900. The Hall–Kier alpha value is -0.610. The van der Waals surface area contributed by atoms with Gasteiger partial charge >= 0.3 is 5.97 Å². The molecule has 0 aliphatic rings. The highest BCUT2D eigenvalue weighted by atomic mass is 16.5. The van der Waals surface area contributed by atoms with E-state index in [1.807, 2.05) is 4.90 Å². The Morgan fingerprint density at radius 3 is 2.57 bits per heavy atom. The highest BCUT2D eigenvalue weighted by molar-refractivity contribution is 5.71. The van der Waals surface area contributed by atoms with Crippen LogP contribution in [0.5, 0.6) is 0 Å². The van der Waals surface area contributed by atoms with E-state index >= 15 is 0 Å². The highest BCUT2D eigenvalue weighted by Gasteiger charge is 2.09. The summed E-state index contributed by atoms with van der Waals surface area (Å²) < 4.78 is 4.86. The summed E-state index contributed by atoms with van der Waals surface area (Å²) in [5.41, 5.74) is 0. The molecule has 0 fully saturated rings. The van der Waals surface area contributed by atoms with Crippen molar-refractivity contribution in [2.45, 2.75) is 26.7 Å². The van der Waals surface area contributed by atoms with Crippen LogP contribution in [-0.2, 0) is 9.53 Å². The Balaban J connectivity index is 3.75. The van der Waals surface area contributed by atoms with E-state index in [1.54, 1.807) is 6.92 Å². The molecule has 0 atom stereocenters. The van der Waals surface area contributed by atoms with Gasteiger partial charge in [-0.3, -0.25) is 9.69 Å². The molecule has 4 nitrogen and oxygen atoms in total. The van der Waals surface area contributed by atoms with Gasteiger partial charge in [0.2, 0.25) is 0 Å². The van der Waals surface area contributed by atoms with Crippen LogP contribution >= 0.6 is 0 Å². The largest absolute Gasteiger partial charge is 0.465 e. The van der Waals surface area contributed by atoms with Crippen LogP contribution in [0.25, 0.3) is 0 Å². The number of esters is 1. The topological polar surface area (TPSA) is 49.8 Å². The zero-order valence-corrected chi connectivity index (χ0v) is 9.16.